The molecule has 0 aromatic heterocycles. The van der Waals surface area contributed by atoms with Gasteiger partial charge >= 0.3 is 0 Å². The monoisotopic (exact) mass is 1640 g/mol. The van der Waals surface area contributed by atoms with Gasteiger partial charge in [0.15, 0.2) is 0 Å². The Labute approximate surface area is 672 Å². The van der Waals surface area contributed by atoms with Crippen LogP contribution in [0.1, 0.15) is 58.8 Å². The fraction of sp³-hybridized carbons (Fsp3) is 0.842. The molecule has 38 nitrogen and oxygen atoms in total. The lowest BCUT2D eigenvalue weighted by atomic mass is 9.98. The van der Waals surface area contributed by atoms with Crippen LogP contribution < -0.4 is 21.3 Å². The van der Waals surface area contributed by atoms with Gasteiger partial charge in [0, 0.05) is 88.8 Å². The number of unbranched alkanes of at least 4 members (excludes halogenated alkanes) is 1. The lowest BCUT2D eigenvalue weighted by Gasteiger charge is -2.22. The zero-order chi connectivity index (χ0) is 82.0. The number of carbonyl (C=O) groups excluding carboxylic acids is 8. The molecule has 0 saturated heterocycles. The van der Waals surface area contributed by atoms with Gasteiger partial charge in [0.05, 0.1) is 317 Å². The van der Waals surface area contributed by atoms with Crippen LogP contribution >= 0.6 is 0 Å². The van der Waals surface area contributed by atoms with E-state index < -0.39 is 23.6 Å². The number of nitrogens with one attached hydrogen (secondary N) is 4. The molecule has 2 heterocycles. The molecule has 0 spiro atoms. The van der Waals surface area contributed by atoms with Gasteiger partial charge in [-0.25, -0.2) is 0 Å². The molecule has 662 valence electrons. The van der Waals surface area contributed by atoms with Crippen LogP contribution in [0.2, 0.25) is 0 Å². The Hall–Kier alpha value is -5.32. The van der Waals surface area contributed by atoms with E-state index in [-0.39, 0.29) is 74.4 Å². The summed E-state index contributed by atoms with van der Waals surface area (Å²) in [5.41, 5.74) is 0. The summed E-state index contributed by atoms with van der Waals surface area (Å²) in [7, 11) is 0. The molecule has 4 N–H and O–H groups in total. The largest absolute Gasteiger partial charge is 0.379 e. The van der Waals surface area contributed by atoms with E-state index in [0.717, 1.165) is 29.1 Å². The molecule has 2 rings (SSSR count). The summed E-state index contributed by atoms with van der Waals surface area (Å²) < 4.78 is 132. The van der Waals surface area contributed by atoms with E-state index in [1.807, 2.05) is 0 Å². The van der Waals surface area contributed by atoms with Crippen molar-refractivity contribution in [3.8, 4) is 0 Å². The smallest absolute Gasteiger partial charge is 0.253 e. The van der Waals surface area contributed by atoms with Gasteiger partial charge in [-0.1, -0.05) is 13.8 Å². The lowest BCUT2D eigenvalue weighted by molar-refractivity contribution is -0.139. The average molecular weight is 1650 g/mol. The molecule has 38 heteroatoms. The standard InChI is InChI=1S/C76H136N6O32/c1-67(2)68(80-72(86)13-20-92-24-28-96-32-36-100-40-44-104-48-52-108-56-60-112-64-66-114-62-58-110-54-50-106-46-42-102-38-34-98-30-26-94-22-16-79-70(84)11-18-82-75(89)8-9-76(82)90)5-3-4-14-77-71(85)12-19-91-23-27-95-31-35-99-39-43-103-47-51-107-55-59-111-63-65-113-61-57-109-53-49-105-45-41-101-37-33-97-29-25-93-21-15-78-69(83)10-17-81-73(87)6-7-74(81)88/h6-9,67-68H,3-5,10-66H2,1-2H3,(H,77,85)(H,78,83)(H,79,84)(H,80,86)/t68-/m0/s1. The molecular formula is C76H136N6O32. The van der Waals surface area contributed by atoms with E-state index in [2.05, 4.69) is 35.1 Å². The summed E-state index contributed by atoms with van der Waals surface area (Å²) in [5, 5.41) is 11.4. The third-order valence-electron chi connectivity index (χ3n) is 15.6. The Kier molecular flexibility index (Phi) is 74.8. The second kappa shape index (κ2) is 81.4. The van der Waals surface area contributed by atoms with E-state index in [1.165, 1.54) is 24.3 Å². The second-order valence-corrected chi connectivity index (χ2v) is 25.0. The first-order valence-electron chi connectivity index (χ1n) is 40.0. The third-order valence-corrected chi connectivity index (χ3v) is 15.6. The maximum absolute atomic E-state index is 12.7. The second-order valence-electron chi connectivity index (χ2n) is 25.0. The molecule has 0 aromatic carbocycles. The number of hydrogen-bond donors (Lipinski definition) is 4. The van der Waals surface area contributed by atoms with Crippen LogP contribution in [0.3, 0.4) is 0 Å². The van der Waals surface area contributed by atoms with Crippen LogP contribution in [0.5, 0.6) is 0 Å². The Balaban J connectivity index is 1.16. The first-order chi connectivity index (χ1) is 56.0. The summed E-state index contributed by atoms with van der Waals surface area (Å²) in [6, 6.07) is 0.0274. The predicted molar refractivity (Wildman–Crippen MR) is 409 cm³/mol. The van der Waals surface area contributed by atoms with Gasteiger partial charge in [0.25, 0.3) is 23.6 Å². The zero-order valence-corrected chi connectivity index (χ0v) is 67.8. The molecule has 0 saturated carbocycles. The van der Waals surface area contributed by atoms with Crippen LogP contribution in [-0.2, 0) is 152 Å². The van der Waals surface area contributed by atoms with Gasteiger partial charge in [0.1, 0.15) is 0 Å². The van der Waals surface area contributed by atoms with Gasteiger partial charge in [-0.2, -0.15) is 0 Å². The van der Waals surface area contributed by atoms with Gasteiger partial charge in [0.2, 0.25) is 23.6 Å². The molecule has 8 amide bonds. The summed E-state index contributed by atoms with van der Waals surface area (Å²) in [5.74, 6) is -2.03. The van der Waals surface area contributed by atoms with Crippen LogP contribution in [-0.4, -0.2) is 413 Å². The maximum atomic E-state index is 12.7. The minimum atomic E-state index is -0.407. The first kappa shape index (κ1) is 105. The van der Waals surface area contributed by atoms with E-state index in [4.69, 9.17) is 114 Å². The quantitative estimate of drug-likeness (QED) is 0.0439. The molecule has 0 unspecified atom stereocenters. The number of nitrogens with zero attached hydrogens (tertiary/aromatic N) is 2. The fourth-order valence-electron chi connectivity index (χ4n) is 9.46. The van der Waals surface area contributed by atoms with Crippen LogP contribution in [0, 0.1) is 5.92 Å². The minimum Gasteiger partial charge on any atom is -0.379 e. The molecule has 0 radical (unpaired) electrons. The average Bonchev–Trinajstić information content (AvgIpc) is 1.75. The van der Waals surface area contributed by atoms with Crippen molar-refractivity contribution < 1.29 is 152 Å². The van der Waals surface area contributed by atoms with E-state index in [9.17, 15) is 38.4 Å². The topological polar surface area (TPSA) is 413 Å². The van der Waals surface area contributed by atoms with Crippen molar-refractivity contribution in [1.82, 2.24) is 31.1 Å². The highest BCUT2D eigenvalue weighted by Gasteiger charge is 2.25. The Bertz CT molecular complexity index is 2360. The maximum Gasteiger partial charge on any atom is 0.253 e. The Morgan fingerprint density at radius 3 is 0.649 bits per heavy atom. The SMILES string of the molecule is CC(C)[C@H](CCCCNC(=O)CCOCCOCCOCCOCCOCCOCCOCCOCCOCCOCCOCCOCCNC(=O)CCN1C(=O)C=CC1=O)NC(=O)CCOCCOCCOCCOCCOCCOCCOCCOCCOCCOCCOCCOCCNC(=O)CCN1C(=O)C=CC1=O. The highest BCUT2D eigenvalue weighted by atomic mass is 16.6. The Morgan fingerprint density at radius 1 is 0.246 bits per heavy atom. The van der Waals surface area contributed by atoms with E-state index in [1.54, 1.807) is 0 Å². The molecule has 2 aliphatic rings. The number of carbonyl (C=O) groups is 8. The molecule has 0 fully saturated rings. The molecule has 0 bridgehead atoms. The third kappa shape index (κ3) is 69.8. The predicted octanol–water partition coefficient (Wildman–Crippen LogP) is -0.545. The summed E-state index contributed by atoms with van der Waals surface area (Å²) in [6.45, 7) is 25.6. The summed E-state index contributed by atoms with van der Waals surface area (Å²) in [6.07, 6.45) is 7.82. The van der Waals surface area contributed by atoms with Crippen molar-refractivity contribution in [2.45, 2.75) is 64.8 Å². The molecule has 1 atom stereocenters. The number of ether oxygens (including phenoxy) is 24. The molecular weight excluding hydrogens is 1510 g/mol. The minimum absolute atomic E-state index is 0.0274. The van der Waals surface area contributed by atoms with Crippen molar-refractivity contribution in [2.24, 2.45) is 5.92 Å². The fourth-order valence-corrected chi connectivity index (χ4v) is 9.46. The Morgan fingerprint density at radius 2 is 0.430 bits per heavy atom. The summed E-state index contributed by atoms with van der Waals surface area (Å²) >= 11 is 0. The van der Waals surface area contributed by atoms with E-state index in [0.29, 0.717) is 337 Å². The number of imide groups is 2. The molecule has 0 aliphatic carbocycles. The number of amides is 8. The normalized spacial score (nSPS) is 13.1. The van der Waals surface area contributed by atoms with Crippen LogP contribution in [0.15, 0.2) is 24.3 Å². The number of rotatable bonds is 91. The van der Waals surface area contributed by atoms with Crippen LogP contribution in [0.4, 0.5) is 0 Å². The summed E-state index contributed by atoms with van der Waals surface area (Å²) in [4.78, 5) is 96.8. The van der Waals surface area contributed by atoms with Gasteiger partial charge in [-0.05, 0) is 25.2 Å². The van der Waals surface area contributed by atoms with Crippen molar-refractivity contribution in [3.63, 3.8) is 0 Å². The van der Waals surface area contributed by atoms with E-state index >= 15 is 0 Å². The molecule has 114 heavy (non-hydrogen) atoms. The molecule has 2 aliphatic heterocycles. The van der Waals surface area contributed by atoms with Crippen molar-refractivity contribution in [1.29, 1.82) is 0 Å². The van der Waals surface area contributed by atoms with Gasteiger partial charge in [-0.3, -0.25) is 48.2 Å². The first-order valence-corrected chi connectivity index (χ1v) is 40.0. The van der Waals surface area contributed by atoms with Crippen molar-refractivity contribution in [2.75, 3.05) is 350 Å². The van der Waals surface area contributed by atoms with Gasteiger partial charge in [-0.15, -0.1) is 0 Å². The highest BCUT2D eigenvalue weighted by molar-refractivity contribution is 6.13. The van der Waals surface area contributed by atoms with Gasteiger partial charge < -0.3 is 135 Å². The molecule has 0 aromatic rings. The van der Waals surface area contributed by atoms with Crippen molar-refractivity contribution in [3.05, 3.63) is 24.3 Å². The lowest BCUT2D eigenvalue weighted by Crippen LogP contribution is -2.39. The van der Waals surface area contributed by atoms with Crippen molar-refractivity contribution >= 4 is 47.3 Å². The highest BCUT2D eigenvalue weighted by Crippen LogP contribution is 2.11. The number of hydrogen-bond acceptors (Lipinski definition) is 32. The zero-order valence-electron chi connectivity index (χ0n) is 67.8. The van der Waals surface area contributed by atoms with Crippen LogP contribution in [0.25, 0.3) is 0 Å².